The number of aliphatic hydroxyl groups excluding tert-OH is 1. The van der Waals surface area contributed by atoms with Gasteiger partial charge in [0.25, 0.3) is 0 Å². The third-order valence-electron chi connectivity index (χ3n) is 0.224. The third kappa shape index (κ3) is 8.83. The zero-order valence-electron chi connectivity index (χ0n) is 2.81. The first-order valence-electron chi connectivity index (χ1n) is 1.39. The zero-order chi connectivity index (χ0) is 4.12. The molecule has 0 aromatic carbocycles. The average Bonchev–Trinajstić information content (AvgIpc) is 1.41. The molecule has 0 atom stereocenters. The Hall–Kier alpha value is 0.710. The van der Waals surface area contributed by atoms with E-state index in [0.717, 1.165) is 0 Å². The van der Waals surface area contributed by atoms with Crippen LogP contribution in [0.1, 0.15) is 6.42 Å². The normalized spacial score (nSPS) is 5.33. The Kier molecular flexibility index (Phi) is 15.1. The summed E-state index contributed by atoms with van der Waals surface area (Å²) >= 11 is 0. The number of nitrogens with zero attached hydrogens (tertiary/aromatic N) is 1. The molecule has 6 heavy (non-hydrogen) atoms. The summed E-state index contributed by atoms with van der Waals surface area (Å²) in [6.45, 7) is -0.0174. The third-order valence-corrected chi connectivity index (χ3v) is 0.224. The van der Waals surface area contributed by atoms with E-state index in [1.807, 2.05) is 0 Å². The molecule has 0 spiro atoms. The van der Waals surface area contributed by atoms with Crippen LogP contribution in [0.3, 0.4) is 0 Å². The van der Waals surface area contributed by atoms with E-state index in [-0.39, 0.29) is 50.8 Å². The van der Waals surface area contributed by atoms with E-state index in [9.17, 15) is 0 Å². The fourth-order valence-electron chi connectivity index (χ4n) is 0.0500. The second-order valence-corrected chi connectivity index (χ2v) is 0.632. The summed E-state index contributed by atoms with van der Waals surface area (Å²) in [5.74, 6) is 0. The van der Waals surface area contributed by atoms with Crippen LogP contribution in [0.5, 0.6) is 0 Å². The van der Waals surface area contributed by atoms with E-state index in [2.05, 4.69) is 0 Å². The van der Waals surface area contributed by atoms with Crippen molar-refractivity contribution in [2.75, 3.05) is 6.61 Å². The molecule has 0 amide bonds. The Balaban J connectivity index is 0. The summed E-state index contributed by atoms with van der Waals surface area (Å²) in [6, 6.07) is 1.77. The number of nitriles is 1. The first kappa shape index (κ1) is 9.86. The van der Waals surface area contributed by atoms with Crippen LogP contribution in [0.25, 0.3) is 0 Å². The summed E-state index contributed by atoms with van der Waals surface area (Å²) < 4.78 is 0. The summed E-state index contributed by atoms with van der Waals surface area (Å²) in [6.07, 6.45) is 0.250. The Morgan fingerprint density at radius 1 is 1.67 bits per heavy atom. The molecular formula is C3H7CaNO. The second kappa shape index (κ2) is 9.20. The molecule has 0 radical (unpaired) electrons. The van der Waals surface area contributed by atoms with E-state index >= 15 is 0 Å². The summed E-state index contributed by atoms with van der Waals surface area (Å²) in [4.78, 5) is 0. The van der Waals surface area contributed by atoms with E-state index in [0.29, 0.717) is 0 Å². The van der Waals surface area contributed by atoms with Gasteiger partial charge in [0, 0.05) is 0 Å². The van der Waals surface area contributed by atoms with Crippen LogP contribution in [0.4, 0.5) is 0 Å². The van der Waals surface area contributed by atoms with Gasteiger partial charge in [-0.2, -0.15) is 5.26 Å². The second-order valence-electron chi connectivity index (χ2n) is 0.632. The topological polar surface area (TPSA) is 44.0 Å². The summed E-state index contributed by atoms with van der Waals surface area (Å²) in [5.41, 5.74) is 0. The maximum atomic E-state index is 7.84. The van der Waals surface area contributed by atoms with Crippen LogP contribution >= 0.6 is 0 Å². The van der Waals surface area contributed by atoms with Crippen LogP contribution in [0, 0.1) is 11.3 Å². The standard InChI is InChI=1S/C3H5NO.Ca.2H/c4-2-1-3-5;;;/h5H,1,3H2;;;. The first-order chi connectivity index (χ1) is 2.41. The van der Waals surface area contributed by atoms with Gasteiger partial charge in [-0.05, 0) is 0 Å². The molecule has 0 heterocycles. The predicted molar refractivity (Wildman–Crippen MR) is 25.9 cm³/mol. The van der Waals surface area contributed by atoms with Crippen molar-refractivity contribution in [1.29, 1.82) is 5.26 Å². The van der Waals surface area contributed by atoms with Gasteiger partial charge in [0.2, 0.25) is 0 Å². The molecule has 0 aromatic heterocycles. The number of rotatable bonds is 1. The quantitative estimate of drug-likeness (QED) is 0.442. The van der Waals surface area contributed by atoms with E-state index < -0.39 is 0 Å². The first-order valence-corrected chi connectivity index (χ1v) is 1.39. The van der Waals surface area contributed by atoms with Gasteiger partial charge >= 0.3 is 37.7 Å². The predicted octanol–water partition coefficient (Wildman–Crippen LogP) is -1.02. The Bertz CT molecular complexity index is 49.2. The summed E-state index contributed by atoms with van der Waals surface area (Å²) in [7, 11) is 0. The van der Waals surface area contributed by atoms with E-state index in [1.165, 1.54) is 0 Å². The minimum absolute atomic E-state index is 0. The molecule has 0 aromatic rings. The molecule has 0 rings (SSSR count). The van der Waals surface area contributed by atoms with Crippen molar-refractivity contribution in [3.63, 3.8) is 0 Å². The molecular weight excluding hydrogens is 106 g/mol. The van der Waals surface area contributed by atoms with E-state index in [1.54, 1.807) is 6.07 Å². The molecule has 32 valence electrons. The summed E-state index contributed by atoms with van der Waals surface area (Å²) in [5, 5.41) is 15.5. The molecule has 1 N–H and O–H groups in total. The molecule has 0 unspecified atom stereocenters. The number of aliphatic hydroxyl groups is 1. The molecule has 3 heteroatoms. The van der Waals surface area contributed by atoms with Gasteiger partial charge in [0.05, 0.1) is 19.1 Å². The maximum absolute atomic E-state index is 7.84. The van der Waals surface area contributed by atoms with Crippen molar-refractivity contribution in [3.05, 3.63) is 0 Å². The van der Waals surface area contributed by atoms with Gasteiger partial charge < -0.3 is 5.11 Å². The van der Waals surface area contributed by atoms with Crippen molar-refractivity contribution in [2.24, 2.45) is 0 Å². The van der Waals surface area contributed by atoms with Crippen molar-refractivity contribution in [3.8, 4) is 6.07 Å². The van der Waals surface area contributed by atoms with Crippen molar-refractivity contribution in [2.45, 2.75) is 6.42 Å². The minimum atomic E-state index is -0.0174. The molecule has 2 nitrogen and oxygen atoms in total. The molecule has 0 saturated heterocycles. The molecule has 0 aliphatic carbocycles. The van der Waals surface area contributed by atoms with Crippen LogP contribution in [0.2, 0.25) is 0 Å². The Labute approximate surface area is 66.8 Å². The monoisotopic (exact) mass is 113 g/mol. The van der Waals surface area contributed by atoms with Crippen molar-refractivity contribution in [1.82, 2.24) is 0 Å². The molecule has 0 bridgehead atoms. The fourth-order valence-corrected chi connectivity index (χ4v) is 0.0500. The van der Waals surface area contributed by atoms with Gasteiger partial charge in [-0.3, -0.25) is 0 Å². The SMILES string of the molecule is N#CCCO.[CaH2]. The zero-order valence-corrected chi connectivity index (χ0v) is 2.81. The van der Waals surface area contributed by atoms with Crippen LogP contribution < -0.4 is 0 Å². The molecule has 0 aliphatic rings. The van der Waals surface area contributed by atoms with Gasteiger partial charge in [0.15, 0.2) is 0 Å². The Morgan fingerprint density at radius 3 is 2.17 bits per heavy atom. The average molecular weight is 113 g/mol. The van der Waals surface area contributed by atoms with E-state index in [4.69, 9.17) is 10.4 Å². The number of hydrogen-bond donors (Lipinski definition) is 1. The van der Waals surface area contributed by atoms with Gasteiger partial charge in [-0.15, -0.1) is 0 Å². The van der Waals surface area contributed by atoms with Gasteiger partial charge in [0.1, 0.15) is 0 Å². The van der Waals surface area contributed by atoms with Crippen LogP contribution in [0.15, 0.2) is 0 Å². The number of hydrogen-bond acceptors (Lipinski definition) is 2. The fraction of sp³-hybridized carbons (Fsp3) is 0.667. The molecule has 0 fully saturated rings. The van der Waals surface area contributed by atoms with Crippen LogP contribution in [-0.4, -0.2) is 49.5 Å². The van der Waals surface area contributed by atoms with Crippen LogP contribution in [-0.2, 0) is 0 Å². The van der Waals surface area contributed by atoms with Crippen molar-refractivity contribution < 1.29 is 5.11 Å². The van der Waals surface area contributed by atoms with Gasteiger partial charge in [-0.1, -0.05) is 0 Å². The molecule has 0 aliphatic heterocycles. The Morgan fingerprint density at radius 2 is 2.17 bits per heavy atom. The van der Waals surface area contributed by atoms with Crippen molar-refractivity contribution >= 4 is 37.7 Å². The molecule has 0 saturated carbocycles. The van der Waals surface area contributed by atoms with Gasteiger partial charge in [-0.25, -0.2) is 0 Å².